The van der Waals surface area contributed by atoms with Gasteiger partial charge < -0.3 is 14.5 Å². The fourth-order valence-electron chi connectivity index (χ4n) is 3.10. The second-order valence-corrected chi connectivity index (χ2v) is 6.09. The highest BCUT2D eigenvalue weighted by Gasteiger charge is 2.28. The van der Waals surface area contributed by atoms with Crippen molar-refractivity contribution >= 4 is 17.5 Å². The number of hydrogen-bond acceptors (Lipinski definition) is 4. The Morgan fingerprint density at radius 1 is 1.43 bits per heavy atom. The zero-order valence-electron chi connectivity index (χ0n) is 12.9. The average molecular weight is 335 g/mol. The Balaban J connectivity index is 1.72. The number of ether oxygens (including phenoxy) is 1. The van der Waals surface area contributed by atoms with Gasteiger partial charge in [0.1, 0.15) is 0 Å². The largest absolute Gasteiger partial charge is 0.443 e. The Hall–Kier alpha value is -1.85. The molecule has 23 heavy (non-hydrogen) atoms. The number of amides is 1. The fourth-order valence-corrected chi connectivity index (χ4v) is 3.32. The lowest BCUT2D eigenvalue weighted by atomic mass is 10.1. The van der Waals surface area contributed by atoms with E-state index in [1.807, 2.05) is 12.1 Å². The summed E-state index contributed by atoms with van der Waals surface area (Å²) >= 11 is 6.17. The van der Waals surface area contributed by atoms with Crippen molar-refractivity contribution in [2.24, 2.45) is 5.92 Å². The molecule has 1 aromatic carbocycles. The normalized spacial score (nSPS) is 20.6. The van der Waals surface area contributed by atoms with Crippen LogP contribution in [0.4, 0.5) is 0 Å². The Labute approximate surface area is 140 Å². The fraction of sp³-hybridized carbons (Fsp3) is 0.412. The molecule has 1 amide bonds. The summed E-state index contributed by atoms with van der Waals surface area (Å²) in [7, 11) is 1.72. The van der Waals surface area contributed by atoms with Gasteiger partial charge in [-0.25, -0.2) is 4.98 Å². The topological polar surface area (TPSA) is 64.4 Å². The standard InChI is InChI=1S/C17H19ClN2O3/c1-22-14-8-4-5-11(14)9-19-17(21)15-16(23-10-20-15)12-6-2-3-7-13(12)18/h2-3,6-7,10-11,14H,4-5,8-9H2,1H3,(H,19,21)/t11-,14-/m0/s1. The van der Waals surface area contributed by atoms with Crippen molar-refractivity contribution in [3.63, 3.8) is 0 Å². The molecule has 1 fully saturated rings. The Morgan fingerprint density at radius 3 is 3.04 bits per heavy atom. The average Bonchev–Trinajstić information content (AvgIpc) is 3.21. The first-order chi connectivity index (χ1) is 11.2. The molecule has 0 bridgehead atoms. The molecule has 0 unspecified atom stereocenters. The molecule has 3 rings (SSSR count). The number of nitrogens with zero attached hydrogens (tertiary/aromatic N) is 1. The molecule has 0 radical (unpaired) electrons. The van der Waals surface area contributed by atoms with Crippen LogP contribution >= 0.6 is 11.6 Å². The molecule has 1 aromatic heterocycles. The van der Waals surface area contributed by atoms with Gasteiger partial charge in [0.25, 0.3) is 5.91 Å². The predicted octanol–water partition coefficient (Wildman–Crippen LogP) is 3.54. The molecule has 1 N–H and O–H groups in total. The van der Waals surface area contributed by atoms with Crippen LogP contribution in [-0.2, 0) is 4.74 Å². The van der Waals surface area contributed by atoms with Gasteiger partial charge in [-0.3, -0.25) is 4.79 Å². The summed E-state index contributed by atoms with van der Waals surface area (Å²) in [6.07, 6.45) is 4.73. The van der Waals surface area contributed by atoms with E-state index in [1.54, 1.807) is 19.2 Å². The molecule has 6 heteroatoms. The van der Waals surface area contributed by atoms with E-state index in [0.29, 0.717) is 28.8 Å². The second-order valence-electron chi connectivity index (χ2n) is 5.69. The van der Waals surface area contributed by atoms with Crippen molar-refractivity contribution < 1.29 is 13.9 Å². The van der Waals surface area contributed by atoms with Crippen LogP contribution in [0.5, 0.6) is 0 Å². The Morgan fingerprint density at radius 2 is 2.26 bits per heavy atom. The van der Waals surface area contributed by atoms with Gasteiger partial charge in [-0.1, -0.05) is 30.2 Å². The maximum absolute atomic E-state index is 12.4. The van der Waals surface area contributed by atoms with Crippen molar-refractivity contribution in [1.82, 2.24) is 10.3 Å². The maximum Gasteiger partial charge on any atom is 0.273 e. The van der Waals surface area contributed by atoms with Crippen LogP contribution in [-0.4, -0.2) is 30.6 Å². The van der Waals surface area contributed by atoms with Crippen LogP contribution in [0.1, 0.15) is 29.8 Å². The van der Waals surface area contributed by atoms with Crippen molar-refractivity contribution in [3.05, 3.63) is 41.4 Å². The molecule has 1 heterocycles. The van der Waals surface area contributed by atoms with Crippen LogP contribution < -0.4 is 5.32 Å². The van der Waals surface area contributed by atoms with E-state index >= 15 is 0 Å². The lowest BCUT2D eigenvalue weighted by molar-refractivity contribution is 0.0683. The van der Waals surface area contributed by atoms with Crippen molar-refractivity contribution in [2.45, 2.75) is 25.4 Å². The van der Waals surface area contributed by atoms with E-state index in [0.717, 1.165) is 19.3 Å². The lowest BCUT2D eigenvalue weighted by Gasteiger charge is -2.18. The number of halogens is 1. The number of methoxy groups -OCH3 is 1. The van der Waals surface area contributed by atoms with Gasteiger partial charge in [-0.2, -0.15) is 0 Å². The van der Waals surface area contributed by atoms with Gasteiger partial charge in [-0.05, 0) is 25.0 Å². The Bertz CT molecular complexity index is 686. The lowest BCUT2D eigenvalue weighted by Crippen LogP contribution is -2.33. The number of benzene rings is 1. The van der Waals surface area contributed by atoms with Crippen LogP contribution in [0.25, 0.3) is 11.3 Å². The molecular formula is C17H19ClN2O3. The molecule has 122 valence electrons. The Kier molecular flexibility index (Phi) is 4.98. The van der Waals surface area contributed by atoms with E-state index in [4.69, 9.17) is 20.8 Å². The minimum atomic E-state index is -0.254. The molecule has 5 nitrogen and oxygen atoms in total. The van der Waals surface area contributed by atoms with Crippen molar-refractivity contribution in [1.29, 1.82) is 0 Å². The molecular weight excluding hydrogens is 316 g/mol. The second kappa shape index (κ2) is 7.15. The van der Waals surface area contributed by atoms with Gasteiger partial charge in [0.15, 0.2) is 17.8 Å². The van der Waals surface area contributed by atoms with Crippen LogP contribution in [0.15, 0.2) is 35.1 Å². The smallest absolute Gasteiger partial charge is 0.273 e. The number of carbonyl (C=O) groups is 1. The van der Waals surface area contributed by atoms with E-state index in [-0.39, 0.29) is 17.7 Å². The van der Waals surface area contributed by atoms with E-state index in [1.165, 1.54) is 6.39 Å². The summed E-state index contributed by atoms with van der Waals surface area (Å²) in [6.45, 7) is 0.576. The molecule has 2 atom stereocenters. The summed E-state index contributed by atoms with van der Waals surface area (Å²) in [5, 5.41) is 3.46. The van der Waals surface area contributed by atoms with Crippen LogP contribution in [0.3, 0.4) is 0 Å². The number of carbonyl (C=O) groups excluding carboxylic acids is 1. The molecule has 1 aliphatic rings. The summed E-state index contributed by atoms with van der Waals surface area (Å²) in [5.41, 5.74) is 0.914. The first kappa shape index (κ1) is 16.0. The summed E-state index contributed by atoms with van der Waals surface area (Å²) in [4.78, 5) is 16.5. The monoisotopic (exact) mass is 334 g/mol. The van der Waals surface area contributed by atoms with Crippen molar-refractivity contribution in [3.8, 4) is 11.3 Å². The van der Waals surface area contributed by atoms with Gasteiger partial charge in [0.2, 0.25) is 0 Å². The van der Waals surface area contributed by atoms with Gasteiger partial charge in [-0.15, -0.1) is 0 Å². The van der Waals surface area contributed by atoms with Crippen molar-refractivity contribution in [2.75, 3.05) is 13.7 Å². The molecule has 2 aromatic rings. The number of hydrogen-bond donors (Lipinski definition) is 1. The molecule has 0 saturated heterocycles. The van der Waals surface area contributed by atoms with E-state index in [2.05, 4.69) is 10.3 Å². The first-order valence-corrected chi connectivity index (χ1v) is 8.08. The number of nitrogens with one attached hydrogen (secondary N) is 1. The summed E-state index contributed by atoms with van der Waals surface area (Å²) in [5.74, 6) is 0.484. The third-order valence-corrected chi connectivity index (χ3v) is 4.65. The minimum absolute atomic E-state index is 0.218. The quantitative estimate of drug-likeness (QED) is 0.908. The molecule has 0 aliphatic heterocycles. The zero-order valence-corrected chi connectivity index (χ0v) is 13.7. The summed E-state index contributed by atoms with van der Waals surface area (Å²) in [6, 6.07) is 7.22. The number of oxazole rings is 1. The molecule has 1 saturated carbocycles. The highest BCUT2D eigenvalue weighted by atomic mass is 35.5. The minimum Gasteiger partial charge on any atom is -0.443 e. The summed E-state index contributed by atoms with van der Waals surface area (Å²) < 4.78 is 10.8. The zero-order chi connectivity index (χ0) is 16.2. The maximum atomic E-state index is 12.4. The highest BCUT2D eigenvalue weighted by molar-refractivity contribution is 6.33. The molecule has 1 aliphatic carbocycles. The number of rotatable bonds is 5. The van der Waals surface area contributed by atoms with Gasteiger partial charge >= 0.3 is 0 Å². The third-order valence-electron chi connectivity index (χ3n) is 4.32. The SMILES string of the molecule is CO[C@H]1CCC[C@H]1CNC(=O)c1ncoc1-c1ccccc1Cl. The van der Waals surface area contributed by atoms with E-state index in [9.17, 15) is 4.79 Å². The van der Waals surface area contributed by atoms with E-state index < -0.39 is 0 Å². The van der Waals surface area contributed by atoms with Gasteiger partial charge in [0, 0.05) is 25.1 Å². The number of aromatic nitrogens is 1. The third kappa shape index (κ3) is 3.41. The molecule has 0 spiro atoms. The first-order valence-electron chi connectivity index (χ1n) is 7.70. The van der Waals surface area contributed by atoms with Gasteiger partial charge in [0.05, 0.1) is 11.1 Å². The highest BCUT2D eigenvalue weighted by Crippen LogP contribution is 2.30. The predicted molar refractivity (Wildman–Crippen MR) is 87.4 cm³/mol. The van der Waals surface area contributed by atoms with Crippen LogP contribution in [0.2, 0.25) is 5.02 Å². The van der Waals surface area contributed by atoms with Crippen LogP contribution in [0, 0.1) is 5.92 Å².